The van der Waals surface area contributed by atoms with Gasteiger partial charge in [-0.05, 0) is 19.1 Å². The molecule has 0 spiro atoms. The average Bonchev–Trinajstić information content (AvgIpc) is 1.97. The van der Waals surface area contributed by atoms with Gasteiger partial charge >= 0.3 is 0 Å². The lowest BCUT2D eigenvalue weighted by Crippen LogP contribution is -1.93. The third kappa shape index (κ3) is 1.61. The maximum absolute atomic E-state index is 10.5. The second kappa shape index (κ2) is 3.45. The fourth-order valence-corrected chi connectivity index (χ4v) is 1.54. The predicted molar refractivity (Wildman–Crippen MR) is 52.8 cm³/mol. The maximum Gasteiger partial charge on any atom is 0.286 e. The lowest BCUT2D eigenvalue weighted by Gasteiger charge is -2.01. The number of hydrogen-bond acceptors (Lipinski definition) is 3. The van der Waals surface area contributed by atoms with E-state index >= 15 is 0 Å². The van der Waals surface area contributed by atoms with Crippen molar-refractivity contribution in [3.8, 4) is 0 Å². The van der Waals surface area contributed by atoms with Crippen molar-refractivity contribution < 1.29 is 4.92 Å². The Bertz CT molecular complexity index is 340. The highest BCUT2D eigenvalue weighted by Crippen LogP contribution is 2.31. The molecule has 0 unspecified atom stereocenters. The molecule has 0 aliphatic heterocycles. The molecule has 64 valence electrons. The first-order valence-corrected chi connectivity index (χ1v) is 4.40. The minimum absolute atomic E-state index is 0.0627. The highest BCUT2D eigenvalue weighted by atomic mass is 79.9. The van der Waals surface area contributed by atoms with Gasteiger partial charge in [-0.2, -0.15) is 0 Å². The number of hydrogen-bond donors (Lipinski definition) is 1. The Balaban J connectivity index is 3.43. The van der Waals surface area contributed by atoms with E-state index in [0.717, 1.165) is 4.47 Å². The van der Waals surface area contributed by atoms with Gasteiger partial charge in [0.25, 0.3) is 5.69 Å². The van der Waals surface area contributed by atoms with Crippen LogP contribution in [0.4, 0.5) is 5.69 Å². The van der Waals surface area contributed by atoms with Crippen LogP contribution in [-0.2, 0) is 0 Å². The Morgan fingerprint density at radius 2 is 2.17 bits per heavy atom. The quantitative estimate of drug-likeness (QED) is 0.471. The van der Waals surface area contributed by atoms with Gasteiger partial charge in [-0.15, -0.1) is 12.6 Å². The summed E-state index contributed by atoms with van der Waals surface area (Å²) in [6.45, 7) is 1.68. The number of thiol groups is 1. The van der Waals surface area contributed by atoms with Gasteiger partial charge in [-0.25, -0.2) is 0 Å². The molecule has 0 heterocycles. The molecule has 1 aromatic carbocycles. The Morgan fingerprint density at radius 1 is 1.58 bits per heavy atom. The Labute approximate surface area is 83.5 Å². The summed E-state index contributed by atoms with van der Waals surface area (Å²) in [5.74, 6) is 0. The molecular weight excluding hydrogens is 242 g/mol. The summed E-state index contributed by atoms with van der Waals surface area (Å²) < 4.78 is 0.729. The minimum Gasteiger partial charge on any atom is -0.258 e. The maximum atomic E-state index is 10.5. The highest BCUT2D eigenvalue weighted by Gasteiger charge is 2.16. The predicted octanol–water partition coefficient (Wildman–Crippen LogP) is 2.95. The number of benzene rings is 1. The molecule has 0 atom stereocenters. The van der Waals surface area contributed by atoms with E-state index in [-0.39, 0.29) is 5.69 Å². The normalized spacial score (nSPS) is 9.92. The standard InChI is InChI=1S/C7H6BrNO2S/c1-4-5(8)2-3-6(12)7(4)9(10)11/h2-3,12H,1H3. The number of nitro groups is 1. The first-order valence-electron chi connectivity index (χ1n) is 3.16. The topological polar surface area (TPSA) is 43.1 Å². The fourth-order valence-electron chi connectivity index (χ4n) is 0.892. The van der Waals surface area contributed by atoms with Crippen LogP contribution in [0.25, 0.3) is 0 Å². The monoisotopic (exact) mass is 247 g/mol. The van der Waals surface area contributed by atoms with Gasteiger partial charge in [0.05, 0.1) is 9.82 Å². The summed E-state index contributed by atoms with van der Waals surface area (Å²) in [7, 11) is 0. The molecule has 0 fully saturated rings. The molecule has 0 bridgehead atoms. The van der Waals surface area contributed by atoms with Gasteiger partial charge in [-0.3, -0.25) is 10.1 Å². The van der Waals surface area contributed by atoms with Crippen molar-refractivity contribution >= 4 is 34.2 Å². The molecule has 0 N–H and O–H groups in total. The Kier molecular flexibility index (Phi) is 2.74. The fraction of sp³-hybridized carbons (Fsp3) is 0.143. The van der Waals surface area contributed by atoms with Crippen LogP contribution in [0, 0.1) is 17.0 Å². The number of nitrogens with zero attached hydrogens (tertiary/aromatic N) is 1. The molecule has 0 saturated carbocycles. The van der Waals surface area contributed by atoms with Crippen molar-refractivity contribution in [1.82, 2.24) is 0 Å². The van der Waals surface area contributed by atoms with E-state index in [1.807, 2.05) is 0 Å². The van der Waals surface area contributed by atoms with Gasteiger partial charge in [0.1, 0.15) is 0 Å². The van der Waals surface area contributed by atoms with Crippen LogP contribution in [-0.4, -0.2) is 4.92 Å². The summed E-state index contributed by atoms with van der Waals surface area (Å²) in [6.07, 6.45) is 0. The molecule has 0 saturated heterocycles. The Morgan fingerprint density at radius 3 is 2.58 bits per heavy atom. The second-order valence-electron chi connectivity index (χ2n) is 2.30. The molecule has 1 aromatic rings. The van der Waals surface area contributed by atoms with Crippen molar-refractivity contribution in [2.24, 2.45) is 0 Å². The molecule has 0 aromatic heterocycles. The SMILES string of the molecule is Cc1c(Br)ccc(S)c1[N+](=O)[O-]. The van der Waals surface area contributed by atoms with E-state index in [4.69, 9.17) is 0 Å². The van der Waals surface area contributed by atoms with Crippen LogP contribution < -0.4 is 0 Å². The van der Waals surface area contributed by atoms with E-state index in [2.05, 4.69) is 28.6 Å². The van der Waals surface area contributed by atoms with E-state index in [0.29, 0.717) is 10.5 Å². The zero-order chi connectivity index (χ0) is 9.30. The summed E-state index contributed by atoms with van der Waals surface area (Å²) in [5.41, 5.74) is 0.667. The van der Waals surface area contributed by atoms with Gasteiger partial charge in [0, 0.05) is 10.0 Å². The van der Waals surface area contributed by atoms with Crippen LogP contribution in [0.2, 0.25) is 0 Å². The van der Waals surface area contributed by atoms with Crippen molar-refractivity contribution in [2.45, 2.75) is 11.8 Å². The average molecular weight is 248 g/mol. The molecule has 3 nitrogen and oxygen atoms in total. The van der Waals surface area contributed by atoms with Crippen molar-refractivity contribution in [3.05, 3.63) is 32.3 Å². The first kappa shape index (κ1) is 9.54. The Hall–Kier alpha value is -0.550. The van der Waals surface area contributed by atoms with Crippen LogP contribution in [0.15, 0.2) is 21.5 Å². The van der Waals surface area contributed by atoms with Crippen molar-refractivity contribution in [2.75, 3.05) is 0 Å². The van der Waals surface area contributed by atoms with Crippen molar-refractivity contribution in [1.29, 1.82) is 0 Å². The van der Waals surface area contributed by atoms with Crippen LogP contribution in [0.1, 0.15) is 5.56 Å². The number of nitro benzene ring substituents is 1. The van der Waals surface area contributed by atoms with Gasteiger partial charge in [-0.1, -0.05) is 15.9 Å². The number of halogens is 1. The number of rotatable bonds is 1. The molecule has 0 aliphatic carbocycles. The third-order valence-electron chi connectivity index (χ3n) is 1.53. The molecule has 0 aliphatic rings. The smallest absolute Gasteiger partial charge is 0.258 e. The van der Waals surface area contributed by atoms with Crippen LogP contribution in [0.3, 0.4) is 0 Å². The summed E-state index contributed by atoms with van der Waals surface area (Å²) in [4.78, 5) is 10.5. The van der Waals surface area contributed by atoms with Crippen LogP contribution >= 0.6 is 28.6 Å². The van der Waals surface area contributed by atoms with Gasteiger partial charge < -0.3 is 0 Å². The molecule has 1 rings (SSSR count). The summed E-state index contributed by atoms with van der Waals surface area (Å²) >= 11 is 7.20. The highest BCUT2D eigenvalue weighted by molar-refractivity contribution is 9.10. The minimum atomic E-state index is -0.428. The lowest BCUT2D eigenvalue weighted by atomic mass is 10.2. The van der Waals surface area contributed by atoms with Crippen molar-refractivity contribution in [3.63, 3.8) is 0 Å². The molecule has 5 heteroatoms. The zero-order valence-corrected chi connectivity index (χ0v) is 8.72. The molecule has 0 radical (unpaired) electrons. The summed E-state index contributed by atoms with van der Waals surface area (Å²) in [5, 5.41) is 10.5. The second-order valence-corrected chi connectivity index (χ2v) is 3.63. The third-order valence-corrected chi connectivity index (χ3v) is 2.75. The summed E-state index contributed by atoms with van der Waals surface area (Å²) in [6, 6.07) is 3.34. The van der Waals surface area contributed by atoms with E-state index in [1.54, 1.807) is 19.1 Å². The molecule has 12 heavy (non-hydrogen) atoms. The van der Waals surface area contributed by atoms with E-state index < -0.39 is 4.92 Å². The van der Waals surface area contributed by atoms with Crippen LogP contribution in [0.5, 0.6) is 0 Å². The lowest BCUT2D eigenvalue weighted by molar-refractivity contribution is -0.388. The molecule has 0 amide bonds. The van der Waals surface area contributed by atoms with Gasteiger partial charge in [0.15, 0.2) is 0 Å². The largest absolute Gasteiger partial charge is 0.286 e. The van der Waals surface area contributed by atoms with E-state index in [1.165, 1.54) is 0 Å². The first-order chi connectivity index (χ1) is 5.54. The zero-order valence-electron chi connectivity index (χ0n) is 6.24. The van der Waals surface area contributed by atoms with Gasteiger partial charge in [0.2, 0.25) is 0 Å². The van der Waals surface area contributed by atoms with E-state index in [9.17, 15) is 10.1 Å². The molecular formula is C7H6BrNO2S.